The largest absolute Gasteiger partial charge is 0.496 e. The number of ether oxygens (including phenoxy) is 1. The summed E-state index contributed by atoms with van der Waals surface area (Å²) < 4.78 is 5.31. The van der Waals surface area contributed by atoms with E-state index in [-0.39, 0.29) is 11.3 Å². The summed E-state index contributed by atoms with van der Waals surface area (Å²) in [6.45, 7) is 5.61. The van der Waals surface area contributed by atoms with Crippen LogP contribution in [0, 0.1) is 5.41 Å². The molecule has 5 heteroatoms. The van der Waals surface area contributed by atoms with Gasteiger partial charge in [0.05, 0.1) is 7.11 Å². The van der Waals surface area contributed by atoms with Gasteiger partial charge in [-0.2, -0.15) is 0 Å². The predicted octanol–water partition coefficient (Wildman–Crippen LogP) is 1.99. The number of hydrogen-bond donors (Lipinski definition) is 3. The topological polar surface area (TPSA) is 79.9 Å². The third kappa shape index (κ3) is 4.74. The summed E-state index contributed by atoms with van der Waals surface area (Å²) in [5.41, 5.74) is 6.54. The smallest absolute Gasteiger partial charge is 0.144 e. The highest BCUT2D eigenvalue weighted by Crippen LogP contribution is 2.20. The molecule has 1 aromatic carbocycles. The van der Waals surface area contributed by atoms with E-state index in [0.29, 0.717) is 0 Å². The fourth-order valence-electron chi connectivity index (χ4n) is 1.92. The van der Waals surface area contributed by atoms with Gasteiger partial charge in [-0.1, -0.05) is 37.2 Å². The van der Waals surface area contributed by atoms with Gasteiger partial charge in [0.15, 0.2) is 0 Å². The number of nitrogens with two attached hydrogens (primary N) is 1. The highest BCUT2D eigenvalue weighted by molar-refractivity contribution is 5.85. The molecular formula is C15H25N3O2. The lowest BCUT2D eigenvalue weighted by Gasteiger charge is -2.22. The van der Waals surface area contributed by atoms with Crippen LogP contribution in [0.15, 0.2) is 29.4 Å². The third-order valence-electron chi connectivity index (χ3n) is 3.49. The van der Waals surface area contributed by atoms with Crippen LogP contribution in [0.5, 0.6) is 5.75 Å². The van der Waals surface area contributed by atoms with Crippen molar-refractivity contribution in [3.8, 4) is 5.75 Å². The Labute approximate surface area is 120 Å². The Morgan fingerprint density at radius 2 is 2.05 bits per heavy atom. The van der Waals surface area contributed by atoms with Crippen LogP contribution in [-0.2, 0) is 6.42 Å². The number of rotatable bonds is 8. The number of amidine groups is 1. The van der Waals surface area contributed by atoms with E-state index in [9.17, 15) is 0 Å². The summed E-state index contributed by atoms with van der Waals surface area (Å²) in [7, 11) is 1.69. The predicted molar refractivity (Wildman–Crippen MR) is 81.4 cm³/mol. The van der Waals surface area contributed by atoms with E-state index in [0.717, 1.165) is 31.7 Å². The fraction of sp³-hybridized carbons (Fsp3) is 0.533. The number of hydrogen-bond acceptors (Lipinski definition) is 4. The molecule has 0 fully saturated rings. The molecule has 0 bridgehead atoms. The van der Waals surface area contributed by atoms with Crippen LogP contribution < -0.4 is 15.8 Å². The minimum absolute atomic E-state index is 0.268. The highest BCUT2D eigenvalue weighted by Gasteiger charge is 2.22. The number of para-hydroxylation sites is 1. The standard InChI is InChI=1S/C15H25N3O2/c1-15(2,14(16)18-19)9-11-17-10-8-12-6-4-5-7-13(12)20-3/h4-7,17,19H,8-11H2,1-3H3,(H2,16,18). The summed E-state index contributed by atoms with van der Waals surface area (Å²) in [5.74, 6) is 1.19. The number of nitrogens with one attached hydrogen (secondary N) is 1. The minimum Gasteiger partial charge on any atom is -0.496 e. The van der Waals surface area contributed by atoms with Gasteiger partial charge in [0.25, 0.3) is 0 Å². The number of benzene rings is 1. The van der Waals surface area contributed by atoms with Gasteiger partial charge in [-0.3, -0.25) is 0 Å². The second kappa shape index (κ2) is 7.75. The lowest BCUT2D eigenvalue weighted by molar-refractivity contribution is 0.305. The van der Waals surface area contributed by atoms with E-state index in [1.54, 1.807) is 7.11 Å². The van der Waals surface area contributed by atoms with Crippen molar-refractivity contribution >= 4 is 5.84 Å². The molecule has 5 nitrogen and oxygen atoms in total. The van der Waals surface area contributed by atoms with Crippen LogP contribution in [0.1, 0.15) is 25.8 Å². The first-order chi connectivity index (χ1) is 9.51. The summed E-state index contributed by atoms with van der Waals surface area (Å²) in [6.07, 6.45) is 1.73. The molecule has 0 radical (unpaired) electrons. The quantitative estimate of drug-likeness (QED) is 0.223. The van der Waals surface area contributed by atoms with Gasteiger partial charge in [0.1, 0.15) is 11.6 Å². The fourth-order valence-corrected chi connectivity index (χ4v) is 1.92. The van der Waals surface area contributed by atoms with E-state index in [1.807, 2.05) is 32.0 Å². The molecule has 1 rings (SSSR count). The van der Waals surface area contributed by atoms with Gasteiger partial charge in [-0.25, -0.2) is 0 Å². The van der Waals surface area contributed by atoms with Crippen molar-refractivity contribution < 1.29 is 9.94 Å². The van der Waals surface area contributed by atoms with E-state index >= 15 is 0 Å². The molecule has 0 aromatic heterocycles. The zero-order chi connectivity index (χ0) is 15.0. The maximum Gasteiger partial charge on any atom is 0.144 e. The molecule has 0 aliphatic rings. The first-order valence-electron chi connectivity index (χ1n) is 6.82. The molecule has 0 amide bonds. The van der Waals surface area contributed by atoms with Gasteiger partial charge in [0, 0.05) is 5.41 Å². The van der Waals surface area contributed by atoms with Crippen molar-refractivity contribution in [2.75, 3.05) is 20.2 Å². The lowest BCUT2D eigenvalue weighted by atomic mass is 9.88. The molecular weight excluding hydrogens is 254 g/mol. The van der Waals surface area contributed by atoms with Crippen molar-refractivity contribution in [2.45, 2.75) is 26.7 Å². The van der Waals surface area contributed by atoms with Crippen LogP contribution in [-0.4, -0.2) is 31.2 Å². The first kappa shape index (κ1) is 16.3. The molecule has 112 valence electrons. The summed E-state index contributed by atoms with van der Waals surface area (Å²) >= 11 is 0. The van der Waals surface area contributed by atoms with E-state index in [4.69, 9.17) is 15.7 Å². The highest BCUT2D eigenvalue weighted by atomic mass is 16.5. The van der Waals surface area contributed by atoms with Gasteiger partial charge in [0.2, 0.25) is 0 Å². The van der Waals surface area contributed by atoms with Crippen molar-refractivity contribution in [3.63, 3.8) is 0 Å². The van der Waals surface area contributed by atoms with Crippen LogP contribution in [0.2, 0.25) is 0 Å². The summed E-state index contributed by atoms with van der Waals surface area (Å²) in [6, 6.07) is 8.02. The van der Waals surface area contributed by atoms with Crippen molar-refractivity contribution in [2.24, 2.45) is 16.3 Å². The van der Waals surface area contributed by atoms with E-state index in [1.165, 1.54) is 5.56 Å². The van der Waals surface area contributed by atoms with Crippen LogP contribution in [0.25, 0.3) is 0 Å². The van der Waals surface area contributed by atoms with Gasteiger partial charge < -0.3 is 21.0 Å². The van der Waals surface area contributed by atoms with Gasteiger partial charge >= 0.3 is 0 Å². The van der Waals surface area contributed by atoms with Gasteiger partial charge in [-0.05, 0) is 37.6 Å². The molecule has 0 aliphatic heterocycles. The SMILES string of the molecule is COc1ccccc1CCNCCC(C)(C)/C(N)=N/O. The normalized spacial score (nSPS) is 12.4. The third-order valence-corrected chi connectivity index (χ3v) is 3.49. The number of oxime groups is 1. The van der Waals surface area contributed by atoms with E-state index < -0.39 is 0 Å². The number of methoxy groups -OCH3 is 1. The van der Waals surface area contributed by atoms with Crippen molar-refractivity contribution in [3.05, 3.63) is 29.8 Å². The van der Waals surface area contributed by atoms with Crippen molar-refractivity contribution in [1.82, 2.24) is 5.32 Å². The van der Waals surface area contributed by atoms with E-state index in [2.05, 4.69) is 16.5 Å². The maximum absolute atomic E-state index is 8.71. The zero-order valence-electron chi connectivity index (χ0n) is 12.5. The summed E-state index contributed by atoms with van der Waals surface area (Å²) in [5, 5.41) is 15.2. The van der Waals surface area contributed by atoms with Gasteiger partial charge in [-0.15, -0.1) is 0 Å². The average Bonchev–Trinajstić information content (AvgIpc) is 2.46. The van der Waals surface area contributed by atoms with Crippen LogP contribution in [0.3, 0.4) is 0 Å². The molecule has 0 saturated heterocycles. The first-order valence-corrected chi connectivity index (χ1v) is 6.82. The Morgan fingerprint density at radius 1 is 1.35 bits per heavy atom. The molecule has 0 spiro atoms. The molecule has 20 heavy (non-hydrogen) atoms. The molecule has 0 aliphatic carbocycles. The molecule has 4 N–H and O–H groups in total. The monoisotopic (exact) mass is 279 g/mol. The Kier molecular flexibility index (Phi) is 6.31. The summed E-state index contributed by atoms with van der Waals surface area (Å²) in [4.78, 5) is 0. The van der Waals surface area contributed by atoms with Crippen LogP contribution in [0.4, 0.5) is 0 Å². The average molecular weight is 279 g/mol. The second-order valence-electron chi connectivity index (χ2n) is 5.43. The Balaban J connectivity index is 2.32. The van der Waals surface area contributed by atoms with Crippen LogP contribution >= 0.6 is 0 Å². The molecule has 0 unspecified atom stereocenters. The molecule has 1 aromatic rings. The second-order valence-corrected chi connectivity index (χ2v) is 5.43. The molecule has 0 saturated carbocycles. The Hall–Kier alpha value is -1.75. The zero-order valence-corrected chi connectivity index (χ0v) is 12.5. The maximum atomic E-state index is 8.71. The Bertz CT molecular complexity index is 444. The number of nitrogens with zero attached hydrogens (tertiary/aromatic N) is 1. The lowest BCUT2D eigenvalue weighted by Crippen LogP contribution is -2.35. The molecule has 0 heterocycles. The minimum atomic E-state index is -0.299. The van der Waals surface area contributed by atoms with Crippen molar-refractivity contribution in [1.29, 1.82) is 0 Å². The molecule has 0 atom stereocenters. The Morgan fingerprint density at radius 3 is 2.70 bits per heavy atom.